The summed E-state index contributed by atoms with van der Waals surface area (Å²) < 4.78 is 153. The van der Waals surface area contributed by atoms with Gasteiger partial charge in [-0.3, -0.25) is 19.3 Å². The molecular weight excluding hydrogens is 1690 g/mol. The molecule has 12 rings (SSSR count). The highest BCUT2D eigenvalue weighted by molar-refractivity contribution is 5.92. The molecule has 30 heteroatoms. The van der Waals surface area contributed by atoms with E-state index >= 15 is 26.3 Å². The Bertz CT molecular complexity index is 4820. The number of hydrogen-bond donors (Lipinski definition) is 1. The molecule has 9 heterocycles. The first-order valence-corrected chi connectivity index (χ1v) is 44.5. The van der Waals surface area contributed by atoms with Crippen molar-refractivity contribution < 1.29 is 112 Å². The first-order chi connectivity index (χ1) is 60.3. The Hall–Kier alpha value is -10.4. The van der Waals surface area contributed by atoms with Crippen LogP contribution in [0.5, 0.6) is 34.5 Å². The third-order valence-electron chi connectivity index (χ3n) is 24.6. The predicted molar refractivity (Wildman–Crippen MR) is 489 cm³/mol. The number of halogens is 6. The molecule has 0 radical (unpaired) electrons. The molecule has 3 fully saturated rings. The number of carbonyl (C=O) groups excluding carboxylic acids is 6. The minimum absolute atomic E-state index is 0. The highest BCUT2D eigenvalue weighted by atomic mass is 19.3. The number of methoxy groups -OCH3 is 6. The highest BCUT2D eigenvalue weighted by Gasteiger charge is 2.64. The largest absolute Gasteiger partial charge is 0.497 e. The number of likely N-dealkylation sites (tertiary alicyclic amines) is 3. The van der Waals surface area contributed by atoms with Gasteiger partial charge in [-0.05, 0) is 151 Å². The predicted octanol–water partition coefficient (Wildman–Crippen LogP) is 22.3. The fraction of sp³-hybridized carbons (Fsp3) is 0.600. The number of aliphatic carboxylic acids is 1. The lowest BCUT2D eigenvalue weighted by atomic mass is 9.83. The Kier molecular flexibility index (Phi) is 36.6. The summed E-state index contributed by atoms with van der Waals surface area (Å²) in [5.74, 6) is -13.3. The van der Waals surface area contributed by atoms with Crippen LogP contribution in [-0.2, 0) is 65.5 Å². The van der Waals surface area contributed by atoms with Gasteiger partial charge in [-0.1, -0.05) is 134 Å². The van der Waals surface area contributed by atoms with Crippen molar-refractivity contribution in [3.8, 4) is 34.5 Å². The molecule has 1 N–H and O–H groups in total. The van der Waals surface area contributed by atoms with Crippen LogP contribution in [-0.4, -0.2) is 179 Å². The Morgan fingerprint density at radius 1 is 0.446 bits per heavy atom. The minimum Gasteiger partial charge on any atom is -0.497 e. The monoisotopic (exact) mass is 1820 g/mol. The summed E-state index contributed by atoms with van der Waals surface area (Å²) in [6.45, 7) is 32.2. The molecule has 6 aliphatic rings. The van der Waals surface area contributed by atoms with Gasteiger partial charge >= 0.3 is 30.0 Å². The number of hydrogen-bond acceptors (Lipinski definition) is 20. The van der Waals surface area contributed by atoms with Gasteiger partial charge in [0.05, 0.1) is 138 Å². The third-order valence-corrected chi connectivity index (χ3v) is 24.6. The van der Waals surface area contributed by atoms with E-state index in [9.17, 15) is 33.6 Å². The van der Waals surface area contributed by atoms with E-state index in [1.54, 1.807) is 76.2 Å². The Balaban J connectivity index is 0.000000249. The van der Waals surface area contributed by atoms with Crippen molar-refractivity contribution in [2.45, 2.75) is 309 Å². The zero-order valence-electron chi connectivity index (χ0n) is 77.6. The SMILES string of the molecule is C.C.C=CCCCCC[C@H](C)C(=O)N1C[C@@]2(C[C@H]1C(=O)OC)CC(F)(F)c1c(c(C(C)C)nc3ccc(OC)cc13)O2.C=CCCCCC[C@H](C)C(=O)N1C[C@]2(C[C@H]1C(=O)OC)CC(F)(F)c1c(c(C(C)C)nc3ccc(OC)cc13)O2.C=CCCCCC[C@H](C)C(=O)O.COC(=O)[C@@H]1CC2(CN1C(=O)OC(C)(C)C)CC(F)(F)c1c(c(C(C)C)nc3ccc(OC)cc13)O2. The van der Waals surface area contributed by atoms with Crippen LogP contribution in [0.3, 0.4) is 0 Å². The third kappa shape index (κ3) is 24.5. The second kappa shape index (κ2) is 44.7. The number of fused-ring (bicyclic) bond motifs is 9. The van der Waals surface area contributed by atoms with Crippen molar-refractivity contribution in [3.05, 3.63) is 126 Å². The van der Waals surface area contributed by atoms with Crippen molar-refractivity contribution in [3.63, 3.8) is 0 Å². The van der Waals surface area contributed by atoms with Crippen molar-refractivity contribution in [1.29, 1.82) is 0 Å². The van der Waals surface area contributed by atoms with Gasteiger partial charge in [0, 0.05) is 47.3 Å². The first-order valence-electron chi connectivity index (χ1n) is 44.5. The van der Waals surface area contributed by atoms with Crippen LogP contribution in [0, 0.1) is 17.8 Å². The van der Waals surface area contributed by atoms with E-state index in [2.05, 4.69) is 24.7 Å². The van der Waals surface area contributed by atoms with Crippen molar-refractivity contribution in [1.82, 2.24) is 29.7 Å². The van der Waals surface area contributed by atoms with Gasteiger partial charge in [0.25, 0.3) is 17.8 Å². The molecule has 9 atom stereocenters. The lowest BCUT2D eigenvalue weighted by Gasteiger charge is -2.41. The summed E-state index contributed by atoms with van der Waals surface area (Å²) in [7, 11) is 8.09. The molecule has 6 aromatic rings. The van der Waals surface area contributed by atoms with Crippen LogP contribution >= 0.6 is 0 Å². The molecule has 0 aliphatic carbocycles. The second-order valence-corrected chi connectivity index (χ2v) is 36.8. The van der Waals surface area contributed by atoms with Gasteiger partial charge in [0.2, 0.25) is 11.8 Å². The van der Waals surface area contributed by atoms with Crippen LogP contribution in [0.2, 0.25) is 0 Å². The number of aromatic nitrogens is 3. The van der Waals surface area contributed by atoms with Crippen molar-refractivity contribution in [2.24, 2.45) is 17.8 Å². The number of rotatable bonds is 30. The Morgan fingerprint density at radius 3 is 0.977 bits per heavy atom. The Morgan fingerprint density at radius 2 is 0.723 bits per heavy atom. The smallest absolute Gasteiger partial charge is 0.411 e. The number of nitrogens with zero attached hydrogens (tertiary/aromatic N) is 6. The molecule has 3 aromatic heterocycles. The van der Waals surface area contributed by atoms with E-state index in [1.165, 1.54) is 58.5 Å². The lowest BCUT2D eigenvalue weighted by molar-refractivity contribution is -0.152. The second-order valence-electron chi connectivity index (χ2n) is 36.8. The number of ether oxygens (including phenoxy) is 10. The summed E-state index contributed by atoms with van der Waals surface area (Å²) in [6, 6.07) is 11.5. The van der Waals surface area contributed by atoms with Gasteiger partial charge < -0.3 is 62.3 Å². The van der Waals surface area contributed by atoms with E-state index < -0.39 is 108 Å². The molecule has 718 valence electrons. The lowest BCUT2D eigenvalue weighted by Crippen LogP contribution is -2.49. The maximum absolute atomic E-state index is 16.3. The number of carbonyl (C=O) groups is 7. The van der Waals surface area contributed by atoms with Gasteiger partial charge in [-0.2, -0.15) is 0 Å². The average Bonchev–Trinajstić information content (AvgIpc) is 1.38. The molecule has 3 spiro atoms. The van der Waals surface area contributed by atoms with Gasteiger partial charge in [-0.25, -0.2) is 60.5 Å². The quantitative estimate of drug-likeness (QED) is 0.0144. The number of allylic oxidation sites excluding steroid dienone is 3. The van der Waals surface area contributed by atoms with Gasteiger partial charge in [0.1, 0.15) is 57.8 Å². The van der Waals surface area contributed by atoms with Crippen molar-refractivity contribution in [2.75, 3.05) is 62.3 Å². The highest BCUT2D eigenvalue weighted by Crippen LogP contribution is 2.59. The number of esters is 3. The van der Waals surface area contributed by atoms with E-state index in [0.717, 1.165) is 88.4 Å². The van der Waals surface area contributed by atoms with E-state index in [-0.39, 0.29) is 151 Å². The summed E-state index contributed by atoms with van der Waals surface area (Å²) in [6.07, 6.45) is 16.3. The summed E-state index contributed by atoms with van der Waals surface area (Å²) >= 11 is 0. The van der Waals surface area contributed by atoms with Crippen LogP contribution in [0.25, 0.3) is 32.7 Å². The van der Waals surface area contributed by atoms with Crippen LogP contribution in [0.4, 0.5) is 31.1 Å². The maximum atomic E-state index is 16.3. The van der Waals surface area contributed by atoms with Crippen LogP contribution in [0.15, 0.2) is 92.6 Å². The summed E-state index contributed by atoms with van der Waals surface area (Å²) in [5.41, 5.74) is -3.54. The number of amides is 3. The molecule has 24 nitrogen and oxygen atoms in total. The van der Waals surface area contributed by atoms with Crippen molar-refractivity contribution >= 4 is 74.5 Å². The van der Waals surface area contributed by atoms with Gasteiger partial charge in [0.15, 0.2) is 17.2 Å². The van der Waals surface area contributed by atoms with Gasteiger partial charge in [-0.15, -0.1) is 19.7 Å². The maximum Gasteiger partial charge on any atom is 0.411 e. The molecule has 3 amide bonds. The Labute approximate surface area is 762 Å². The zero-order chi connectivity index (χ0) is 94.5. The first kappa shape index (κ1) is 107. The standard InChI is InChI=1S/2C31H40F2N2O5.C26H32F2N2O6.C10H18O2.2CH4/c2*1-7-8-9-10-11-12-20(4)28(36)35-18-30(16-24(35)29(37)39-6)17-31(32,33)25-22-15-21(38-5)13-14-23(22)34-26(19(2)3)27(25)40-30;1-14(2)20-21-19(16-10-15(33-6)8-9-17(16)29-20)26(27,28)12-25(35-21)11-18(22(31)34-7)30(13-25)23(32)36-24(3,4)5;1-3-4-5-6-7-8-9(2)10(11)12;;/h2*7,13-15,19-20,24H,1,8-12,16-18H2,2-6H3;8-10,14,18H,11-13H2,1-7H3;3,9H,1,4-8H2,2H3,(H,11,12);2*1H4/t20-,24-,30+;20-,24-,30-;18-,25?;9-;;/m0000../s1. The fourth-order valence-electron chi connectivity index (χ4n) is 18.1. The number of carboxylic acids is 1. The molecule has 3 aromatic carbocycles. The topological polar surface area (TPSA) is 280 Å². The van der Waals surface area contributed by atoms with E-state index in [0.29, 0.717) is 63.7 Å². The van der Waals surface area contributed by atoms with Crippen LogP contribution in [0.1, 0.15) is 284 Å². The van der Waals surface area contributed by atoms with Crippen LogP contribution < -0.4 is 28.4 Å². The molecule has 0 bridgehead atoms. The number of carboxylic acid groups (broad SMARTS) is 1. The number of alkyl halides is 6. The minimum atomic E-state index is -3.34. The average molecular weight is 1830 g/mol. The normalized spacial score (nSPS) is 21.2. The molecule has 6 aliphatic heterocycles. The molecule has 0 saturated carbocycles. The number of unbranched alkanes of at least 4 members (excludes halogenated alkanes) is 9. The van der Waals surface area contributed by atoms with E-state index in [4.69, 9.17) is 62.4 Å². The molecule has 130 heavy (non-hydrogen) atoms. The fourth-order valence-corrected chi connectivity index (χ4v) is 18.1. The summed E-state index contributed by atoms with van der Waals surface area (Å²) in [4.78, 5) is 107. The number of pyridine rings is 3. The number of benzene rings is 3. The molecule has 1 unspecified atom stereocenters. The molecule has 3 saturated heterocycles. The summed E-state index contributed by atoms with van der Waals surface area (Å²) in [5, 5.41) is 9.33. The molecular formula is C100H138F6N6O18. The van der Waals surface area contributed by atoms with E-state index in [1.807, 2.05) is 73.6 Å². The zero-order valence-corrected chi connectivity index (χ0v) is 77.6.